The summed E-state index contributed by atoms with van der Waals surface area (Å²) in [7, 11) is 3.93. The van der Waals surface area contributed by atoms with E-state index in [2.05, 4.69) is 48.5 Å². The highest BCUT2D eigenvalue weighted by Gasteiger charge is 2.25. The number of halogens is 1. The van der Waals surface area contributed by atoms with Crippen molar-refractivity contribution < 1.29 is 9.90 Å². The number of benzene rings is 1. The molecule has 3 N–H and O–H groups in total. The van der Waals surface area contributed by atoms with E-state index in [1.165, 1.54) is 0 Å². The highest BCUT2D eigenvalue weighted by molar-refractivity contribution is 6.36. The SMILES string of the molecule is Cc1c(Nc2nccc3cc(CN4CCC(O)C4)cnc23)cccc1-c1nccc(NC(=O)c2nc3c(n2C)CCN(C)C3)c1Cl. The lowest BCUT2D eigenvalue weighted by Gasteiger charge is -2.21. The van der Waals surface area contributed by atoms with Gasteiger partial charge in [0.15, 0.2) is 11.6 Å². The van der Waals surface area contributed by atoms with E-state index in [1.54, 1.807) is 18.5 Å². The number of rotatable bonds is 7. The zero-order chi connectivity index (χ0) is 31.9. The van der Waals surface area contributed by atoms with Crippen molar-refractivity contribution in [1.29, 1.82) is 0 Å². The third-order valence-corrected chi connectivity index (χ3v) is 9.32. The van der Waals surface area contributed by atoms with Crippen LogP contribution in [0.2, 0.25) is 5.02 Å². The van der Waals surface area contributed by atoms with Gasteiger partial charge in [0.25, 0.3) is 5.91 Å². The fourth-order valence-electron chi connectivity index (χ4n) is 6.42. The van der Waals surface area contributed by atoms with Gasteiger partial charge in [0.1, 0.15) is 5.52 Å². The van der Waals surface area contributed by atoms with Crippen LogP contribution in [0.5, 0.6) is 0 Å². The Bertz CT molecular complexity index is 1960. The van der Waals surface area contributed by atoms with Gasteiger partial charge in [0, 0.05) is 87.1 Å². The van der Waals surface area contributed by atoms with Crippen LogP contribution in [0.1, 0.15) is 39.6 Å². The van der Waals surface area contributed by atoms with Crippen LogP contribution in [-0.4, -0.2) is 78.1 Å². The number of aliphatic hydroxyl groups excluding tert-OH is 1. The zero-order valence-corrected chi connectivity index (χ0v) is 26.8. The maximum atomic E-state index is 13.4. The molecule has 4 aromatic heterocycles. The van der Waals surface area contributed by atoms with Crippen molar-refractivity contribution in [2.75, 3.05) is 37.3 Å². The Labute approximate surface area is 272 Å². The molecule has 1 atom stereocenters. The molecular formula is C34H36ClN9O2. The zero-order valence-electron chi connectivity index (χ0n) is 26.1. The predicted molar refractivity (Wildman–Crippen MR) is 179 cm³/mol. The molecule has 11 nitrogen and oxygen atoms in total. The molecule has 0 radical (unpaired) electrons. The predicted octanol–water partition coefficient (Wildman–Crippen LogP) is 4.94. The Morgan fingerprint density at radius 1 is 1.09 bits per heavy atom. The van der Waals surface area contributed by atoms with Gasteiger partial charge >= 0.3 is 0 Å². The minimum Gasteiger partial charge on any atom is -0.392 e. The number of likely N-dealkylation sites (tertiary alicyclic amines) is 1. The molecule has 1 unspecified atom stereocenters. The number of carbonyl (C=O) groups is 1. The van der Waals surface area contributed by atoms with Crippen LogP contribution >= 0.6 is 11.6 Å². The van der Waals surface area contributed by atoms with Gasteiger partial charge < -0.3 is 25.2 Å². The topological polar surface area (TPSA) is 124 Å². The summed E-state index contributed by atoms with van der Waals surface area (Å²) < 4.78 is 1.88. The Balaban J connectivity index is 1.13. The molecule has 46 heavy (non-hydrogen) atoms. The molecule has 0 saturated carbocycles. The number of anilines is 3. The number of hydrogen-bond donors (Lipinski definition) is 3. The molecule has 1 fully saturated rings. The van der Waals surface area contributed by atoms with E-state index in [0.717, 1.165) is 83.7 Å². The number of carbonyl (C=O) groups excluding carboxylic acids is 1. The molecule has 5 aromatic rings. The first-order chi connectivity index (χ1) is 22.2. The molecule has 1 amide bonds. The lowest BCUT2D eigenvalue weighted by molar-refractivity contribution is 0.101. The van der Waals surface area contributed by atoms with E-state index in [1.807, 2.05) is 49.0 Å². The molecule has 1 aromatic carbocycles. The number of amides is 1. The normalized spacial score (nSPS) is 16.9. The third kappa shape index (κ3) is 5.82. The van der Waals surface area contributed by atoms with Gasteiger partial charge in [-0.1, -0.05) is 23.7 Å². The summed E-state index contributed by atoms with van der Waals surface area (Å²) >= 11 is 6.91. The lowest BCUT2D eigenvalue weighted by atomic mass is 10.0. The van der Waals surface area contributed by atoms with E-state index >= 15 is 0 Å². The molecule has 236 valence electrons. The number of β-amino-alcohol motifs (C(OH)–C–C–N with tert-alkyl or cyclic N) is 1. The minimum absolute atomic E-state index is 0.252. The molecular weight excluding hydrogens is 602 g/mol. The van der Waals surface area contributed by atoms with Gasteiger partial charge in [0.2, 0.25) is 0 Å². The average molecular weight is 638 g/mol. The number of pyridine rings is 3. The van der Waals surface area contributed by atoms with Crippen LogP contribution in [0, 0.1) is 6.92 Å². The van der Waals surface area contributed by atoms with Gasteiger partial charge in [-0.05, 0) is 55.8 Å². The van der Waals surface area contributed by atoms with Gasteiger partial charge in [0.05, 0.1) is 28.2 Å². The first kappa shape index (κ1) is 30.2. The fourth-order valence-corrected chi connectivity index (χ4v) is 6.68. The second kappa shape index (κ2) is 12.4. The lowest BCUT2D eigenvalue weighted by Crippen LogP contribution is -2.27. The molecule has 7 rings (SSSR count). The van der Waals surface area contributed by atoms with Crippen LogP contribution in [0.3, 0.4) is 0 Å². The largest absolute Gasteiger partial charge is 0.392 e. The number of aromatic nitrogens is 5. The Morgan fingerprint density at radius 3 is 2.76 bits per heavy atom. The third-order valence-electron chi connectivity index (χ3n) is 8.94. The van der Waals surface area contributed by atoms with Gasteiger partial charge in [-0.15, -0.1) is 0 Å². The molecule has 1 saturated heterocycles. The minimum atomic E-state index is -0.318. The summed E-state index contributed by atoms with van der Waals surface area (Å²) in [4.78, 5) is 36.4. The van der Waals surface area contributed by atoms with Crippen molar-refractivity contribution in [3.63, 3.8) is 0 Å². The van der Waals surface area contributed by atoms with Crippen molar-refractivity contribution in [3.05, 3.63) is 88.4 Å². The standard InChI is InChI=1S/C34H36ClN9O2/c1-20-24(31-29(35)26(8-12-36-31)41-34(46)33-40-27-19-42(2)13-10-28(27)43(33)3)5-4-6-25(20)39-32-30-22(7-11-37-32)15-21(16-38-30)17-44-14-9-23(45)18-44/h4-8,11-12,15-16,23,45H,9-10,13-14,17-19H2,1-3H3,(H,37,39)(H,36,41,46). The average Bonchev–Trinajstić information content (AvgIpc) is 3.60. The number of hydrogen-bond acceptors (Lipinski definition) is 9. The smallest absolute Gasteiger partial charge is 0.291 e. The number of imidazole rings is 1. The van der Waals surface area contributed by atoms with Gasteiger partial charge in [-0.2, -0.15) is 0 Å². The monoisotopic (exact) mass is 637 g/mol. The molecule has 2 aliphatic heterocycles. The van der Waals surface area contributed by atoms with E-state index in [-0.39, 0.29) is 12.0 Å². The number of fused-ring (bicyclic) bond motifs is 2. The first-order valence-corrected chi connectivity index (χ1v) is 15.8. The summed E-state index contributed by atoms with van der Waals surface area (Å²) in [6.07, 6.45) is 6.70. The van der Waals surface area contributed by atoms with Gasteiger partial charge in [-0.25, -0.2) is 9.97 Å². The first-order valence-electron chi connectivity index (χ1n) is 15.4. The molecule has 2 aliphatic rings. The van der Waals surface area contributed by atoms with Crippen LogP contribution in [0.15, 0.2) is 55.0 Å². The molecule has 0 aliphatic carbocycles. The quantitative estimate of drug-likeness (QED) is 0.228. The van der Waals surface area contributed by atoms with E-state index in [9.17, 15) is 9.90 Å². The summed E-state index contributed by atoms with van der Waals surface area (Å²) in [6, 6.07) is 11.7. The number of nitrogens with one attached hydrogen (secondary N) is 2. The number of aliphatic hydroxyl groups is 1. The number of likely N-dealkylation sites (N-methyl/N-ethyl adjacent to an activating group) is 1. The van der Waals surface area contributed by atoms with Crippen molar-refractivity contribution >= 4 is 45.6 Å². The Morgan fingerprint density at radius 2 is 1.93 bits per heavy atom. The highest BCUT2D eigenvalue weighted by Crippen LogP contribution is 2.37. The molecule has 0 spiro atoms. The summed E-state index contributed by atoms with van der Waals surface area (Å²) in [5.74, 6) is 0.682. The van der Waals surface area contributed by atoms with Crippen molar-refractivity contribution in [2.45, 2.75) is 39.0 Å². The van der Waals surface area contributed by atoms with E-state index in [4.69, 9.17) is 16.6 Å². The second-order valence-corrected chi connectivity index (χ2v) is 12.6. The van der Waals surface area contributed by atoms with Crippen molar-refractivity contribution in [1.82, 2.24) is 34.3 Å². The summed E-state index contributed by atoms with van der Waals surface area (Å²) in [5.41, 5.74) is 7.49. The molecule has 12 heteroatoms. The number of nitrogens with zero attached hydrogens (tertiary/aromatic N) is 7. The maximum Gasteiger partial charge on any atom is 0.291 e. The molecule has 6 heterocycles. The van der Waals surface area contributed by atoms with Crippen molar-refractivity contribution in [2.24, 2.45) is 7.05 Å². The summed E-state index contributed by atoms with van der Waals surface area (Å²) in [5, 5.41) is 17.6. The van der Waals surface area contributed by atoms with Crippen LogP contribution in [-0.2, 0) is 26.6 Å². The van der Waals surface area contributed by atoms with E-state index < -0.39 is 0 Å². The highest BCUT2D eigenvalue weighted by atomic mass is 35.5. The Kier molecular flexibility index (Phi) is 8.16. The molecule has 0 bridgehead atoms. The maximum absolute atomic E-state index is 13.4. The second-order valence-electron chi connectivity index (χ2n) is 12.2. The van der Waals surface area contributed by atoms with Crippen molar-refractivity contribution in [3.8, 4) is 11.3 Å². The fraction of sp³-hybridized carbons (Fsp3) is 0.324. The van der Waals surface area contributed by atoms with Crippen LogP contribution in [0.4, 0.5) is 17.2 Å². The summed E-state index contributed by atoms with van der Waals surface area (Å²) in [6.45, 7) is 5.97. The van der Waals surface area contributed by atoms with Crippen LogP contribution < -0.4 is 10.6 Å². The van der Waals surface area contributed by atoms with Gasteiger partial charge in [-0.3, -0.25) is 19.7 Å². The Hall–Kier alpha value is -4.42. The van der Waals surface area contributed by atoms with E-state index in [0.29, 0.717) is 34.6 Å². The van der Waals surface area contributed by atoms with Crippen LogP contribution in [0.25, 0.3) is 22.2 Å².